The van der Waals surface area contributed by atoms with Crippen LogP contribution in [0, 0.1) is 0 Å². The van der Waals surface area contributed by atoms with E-state index in [1.54, 1.807) is 24.3 Å². The number of thioether (sulfide) groups is 1. The molecule has 0 saturated carbocycles. The zero-order chi connectivity index (χ0) is 17.9. The summed E-state index contributed by atoms with van der Waals surface area (Å²) in [6, 6.07) is 4.15. The molecule has 2 amide bonds. The average Bonchev–Trinajstić information content (AvgIpc) is 2.86. The molecule has 1 atom stereocenters. The SMILES string of the molecule is COC(=O)C(C)N1C(=O)SC(=Cc2ccc(OC)c(OC)c2)C1=O. The number of esters is 1. The molecule has 1 unspecified atom stereocenters. The molecule has 0 aliphatic carbocycles. The molecule has 0 radical (unpaired) electrons. The first-order valence-electron chi connectivity index (χ1n) is 6.99. The number of carbonyl (C=O) groups excluding carboxylic acids is 3. The molecule has 1 aliphatic heterocycles. The molecule has 1 heterocycles. The van der Waals surface area contributed by atoms with Crippen molar-refractivity contribution in [1.29, 1.82) is 0 Å². The van der Waals surface area contributed by atoms with E-state index in [2.05, 4.69) is 4.74 Å². The fourth-order valence-electron chi connectivity index (χ4n) is 2.18. The zero-order valence-electron chi connectivity index (χ0n) is 13.7. The van der Waals surface area contributed by atoms with Gasteiger partial charge in [-0.25, -0.2) is 4.79 Å². The maximum absolute atomic E-state index is 12.4. The van der Waals surface area contributed by atoms with Crippen LogP contribution in [0.5, 0.6) is 11.5 Å². The van der Waals surface area contributed by atoms with E-state index in [-0.39, 0.29) is 4.91 Å². The van der Waals surface area contributed by atoms with E-state index in [0.717, 1.165) is 16.7 Å². The molecule has 7 nitrogen and oxygen atoms in total. The van der Waals surface area contributed by atoms with Crippen molar-refractivity contribution in [2.75, 3.05) is 21.3 Å². The van der Waals surface area contributed by atoms with Gasteiger partial charge in [0.2, 0.25) is 0 Å². The Morgan fingerprint density at radius 3 is 2.42 bits per heavy atom. The van der Waals surface area contributed by atoms with Gasteiger partial charge in [0.1, 0.15) is 6.04 Å². The molecule has 1 aromatic rings. The molecule has 1 aliphatic rings. The number of methoxy groups -OCH3 is 3. The van der Waals surface area contributed by atoms with Crippen molar-refractivity contribution in [2.24, 2.45) is 0 Å². The highest BCUT2D eigenvalue weighted by atomic mass is 32.2. The fraction of sp³-hybridized carbons (Fsp3) is 0.312. The predicted octanol–water partition coefficient (Wildman–Crippen LogP) is 2.30. The molecule has 8 heteroatoms. The van der Waals surface area contributed by atoms with Gasteiger partial charge in [-0.05, 0) is 42.5 Å². The quantitative estimate of drug-likeness (QED) is 0.594. The summed E-state index contributed by atoms with van der Waals surface area (Å²) in [5.41, 5.74) is 0.670. The lowest BCUT2D eigenvalue weighted by molar-refractivity contribution is -0.148. The van der Waals surface area contributed by atoms with Crippen LogP contribution in [-0.2, 0) is 14.3 Å². The second-order valence-electron chi connectivity index (χ2n) is 4.87. The minimum absolute atomic E-state index is 0.225. The minimum atomic E-state index is -0.973. The highest BCUT2D eigenvalue weighted by Crippen LogP contribution is 2.35. The Morgan fingerprint density at radius 1 is 1.17 bits per heavy atom. The number of hydrogen-bond acceptors (Lipinski definition) is 7. The molecule has 1 aromatic carbocycles. The van der Waals surface area contributed by atoms with Gasteiger partial charge >= 0.3 is 5.97 Å². The monoisotopic (exact) mass is 351 g/mol. The van der Waals surface area contributed by atoms with Gasteiger partial charge in [-0.2, -0.15) is 0 Å². The van der Waals surface area contributed by atoms with Crippen LogP contribution in [0.15, 0.2) is 23.1 Å². The number of carbonyl (C=O) groups is 3. The van der Waals surface area contributed by atoms with E-state index >= 15 is 0 Å². The largest absolute Gasteiger partial charge is 0.493 e. The van der Waals surface area contributed by atoms with Gasteiger partial charge in [-0.1, -0.05) is 6.07 Å². The van der Waals surface area contributed by atoms with E-state index < -0.39 is 23.2 Å². The first-order valence-corrected chi connectivity index (χ1v) is 7.81. The normalized spacial score (nSPS) is 17.2. The van der Waals surface area contributed by atoms with Crippen molar-refractivity contribution >= 4 is 35.0 Å². The number of imide groups is 1. The van der Waals surface area contributed by atoms with E-state index in [1.165, 1.54) is 28.3 Å². The molecular formula is C16H17NO6S. The zero-order valence-corrected chi connectivity index (χ0v) is 14.5. The fourth-order valence-corrected chi connectivity index (χ4v) is 3.09. The minimum Gasteiger partial charge on any atom is -0.493 e. The molecule has 0 N–H and O–H groups in total. The van der Waals surface area contributed by atoms with Crippen LogP contribution in [0.25, 0.3) is 6.08 Å². The number of amides is 2. The van der Waals surface area contributed by atoms with Gasteiger partial charge < -0.3 is 14.2 Å². The average molecular weight is 351 g/mol. The Hall–Kier alpha value is -2.48. The molecule has 1 saturated heterocycles. The van der Waals surface area contributed by atoms with Crippen LogP contribution in [0.1, 0.15) is 12.5 Å². The highest BCUT2D eigenvalue weighted by Gasteiger charge is 2.41. The summed E-state index contributed by atoms with van der Waals surface area (Å²) < 4.78 is 15.0. The molecule has 2 rings (SSSR count). The standard InChI is InChI=1S/C16H17NO6S/c1-9(15(19)23-4)17-14(18)13(24-16(17)20)8-10-5-6-11(21-2)12(7-10)22-3/h5-9H,1-4H3. The molecular weight excluding hydrogens is 334 g/mol. The molecule has 0 bridgehead atoms. The van der Waals surface area contributed by atoms with Gasteiger partial charge in [0.15, 0.2) is 11.5 Å². The summed E-state index contributed by atoms with van der Waals surface area (Å²) in [6.07, 6.45) is 1.57. The van der Waals surface area contributed by atoms with Crippen LogP contribution in [0.3, 0.4) is 0 Å². The van der Waals surface area contributed by atoms with E-state index in [9.17, 15) is 14.4 Å². The third kappa shape index (κ3) is 3.38. The highest BCUT2D eigenvalue weighted by molar-refractivity contribution is 8.18. The van der Waals surface area contributed by atoms with Gasteiger partial charge in [0, 0.05) is 0 Å². The Balaban J connectivity index is 2.30. The first-order chi connectivity index (χ1) is 11.4. The van der Waals surface area contributed by atoms with Gasteiger partial charge in [-0.15, -0.1) is 0 Å². The lowest BCUT2D eigenvalue weighted by atomic mass is 10.1. The van der Waals surface area contributed by atoms with Gasteiger partial charge in [0.25, 0.3) is 11.1 Å². The van der Waals surface area contributed by atoms with Crippen molar-refractivity contribution < 1.29 is 28.6 Å². The van der Waals surface area contributed by atoms with Crippen LogP contribution < -0.4 is 9.47 Å². The Kier molecular flexibility index (Phi) is 5.50. The number of hydrogen-bond donors (Lipinski definition) is 0. The Bertz CT molecular complexity index is 715. The summed E-state index contributed by atoms with van der Waals surface area (Å²) in [5, 5.41) is -0.510. The maximum Gasteiger partial charge on any atom is 0.328 e. The van der Waals surface area contributed by atoms with Crippen LogP contribution in [-0.4, -0.2) is 49.4 Å². The third-order valence-electron chi connectivity index (χ3n) is 3.46. The van der Waals surface area contributed by atoms with Crippen molar-refractivity contribution in [1.82, 2.24) is 4.90 Å². The lowest BCUT2D eigenvalue weighted by Gasteiger charge is -2.18. The summed E-state index contributed by atoms with van der Waals surface area (Å²) in [6.45, 7) is 1.45. The molecule has 128 valence electrons. The van der Waals surface area contributed by atoms with E-state index in [1.807, 2.05) is 0 Å². The number of nitrogens with zero attached hydrogens (tertiary/aromatic N) is 1. The predicted molar refractivity (Wildman–Crippen MR) is 88.8 cm³/mol. The topological polar surface area (TPSA) is 82.1 Å². The molecule has 0 spiro atoms. The number of ether oxygens (including phenoxy) is 3. The second kappa shape index (κ2) is 7.39. The van der Waals surface area contributed by atoms with Crippen molar-refractivity contribution in [3.05, 3.63) is 28.7 Å². The summed E-state index contributed by atoms with van der Waals surface area (Å²) in [4.78, 5) is 37.2. The van der Waals surface area contributed by atoms with Crippen LogP contribution in [0.2, 0.25) is 0 Å². The first kappa shape index (κ1) is 17.9. The van der Waals surface area contributed by atoms with Crippen molar-refractivity contribution in [3.8, 4) is 11.5 Å². The molecule has 1 fully saturated rings. The Morgan fingerprint density at radius 2 is 1.83 bits per heavy atom. The smallest absolute Gasteiger partial charge is 0.328 e. The third-order valence-corrected chi connectivity index (χ3v) is 4.34. The van der Waals surface area contributed by atoms with Crippen molar-refractivity contribution in [2.45, 2.75) is 13.0 Å². The summed E-state index contributed by atoms with van der Waals surface area (Å²) in [7, 11) is 4.24. The van der Waals surface area contributed by atoms with Crippen molar-refractivity contribution in [3.63, 3.8) is 0 Å². The van der Waals surface area contributed by atoms with Crippen LogP contribution in [0.4, 0.5) is 4.79 Å². The number of benzene rings is 1. The molecule has 0 aromatic heterocycles. The number of rotatable bonds is 5. The van der Waals surface area contributed by atoms with E-state index in [4.69, 9.17) is 9.47 Å². The summed E-state index contributed by atoms with van der Waals surface area (Å²) in [5.74, 6) is -0.113. The van der Waals surface area contributed by atoms with Crippen LogP contribution >= 0.6 is 11.8 Å². The van der Waals surface area contributed by atoms with Gasteiger partial charge in [-0.3, -0.25) is 14.5 Å². The maximum atomic E-state index is 12.4. The van der Waals surface area contributed by atoms with Gasteiger partial charge in [0.05, 0.1) is 26.2 Å². The lowest BCUT2D eigenvalue weighted by Crippen LogP contribution is -2.42. The summed E-state index contributed by atoms with van der Waals surface area (Å²) >= 11 is 0.775. The second-order valence-corrected chi connectivity index (χ2v) is 5.86. The molecule has 24 heavy (non-hydrogen) atoms. The Labute approximate surface area is 143 Å². The van der Waals surface area contributed by atoms with E-state index in [0.29, 0.717) is 17.1 Å².